The van der Waals surface area contributed by atoms with Gasteiger partial charge >= 0.3 is 5.97 Å². The smallest absolute Gasteiger partial charge is 0.310 e. The van der Waals surface area contributed by atoms with Crippen molar-refractivity contribution in [3.8, 4) is 0 Å². The number of hydrogen-bond donors (Lipinski definition) is 2. The maximum Gasteiger partial charge on any atom is 0.310 e. The third kappa shape index (κ3) is 3.02. The van der Waals surface area contributed by atoms with E-state index in [1.165, 1.54) is 0 Å². The molecule has 1 heterocycles. The van der Waals surface area contributed by atoms with Crippen LogP contribution in [0.25, 0.3) is 0 Å². The van der Waals surface area contributed by atoms with Crippen LogP contribution < -0.4 is 4.72 Å². The highest BCUT2D eigenvalue weighted by Gasteiger charge is 2.38. The second-order valence-corrected chi connectivity index (χ2v) is 7.00. The molecule has 2 rings (SSSR count). The van der Waals surface area contributed by atoms with Gasteiger partial charge in [-0.25, -0.2) is 13.1 Å². The van der Waals surface area contributed by atoms with Gasteiger partial charge in [-0.2, -0.15) is 0 Å². The van der Waals surface area contributed by atoms with Crippen molar-refractivity contribution in [2.75, 3.05) is 13.2 Å². The van der Waals surface area contributed by atoms with Gasteiger partial charge in [-0.15, -0.1) is 0 Å². The van der Waals surface area contributed by atoms with Crippen molar-refractivity contribution < 1.29 is 23.1 Å². The molecule has 18 heavy (non-hydrogen) atoms. The summed E-state index contributed by atoms with van der Waals surface area (Å²) < 4.78 is 31.9. The van der Waals surface area contributed by atoms with Crippen molar-refractivity contribution in [1.82, 2.24) is 4.72 Å². The van der Waals surface area contributed by atoms with Crippen LogP contribution in [0.5, 0.6) is 0 Å². The second kappa shape index (κ2) is 5.54. The Morgan fingerprint density at radius 1 is 1.17 bits per heavy atom. The first-order valence-electron chi connectivity index (χ1n) is 6.32. The molecule has 2 aliphatic rings. The van der Waals surface area contributed by atoms with E-state index in [0.717, 1.165) is 19.3 Å². The first kappa shape index (κ1) is 13.8. The molecular weight excluding hydrogens is 258 g/mol. The van der Waals surface area contributed by atoms with Crippen LogP contribution in [0, 0.1) is 5.92 Å². The molecule has 1 aliphatic carbocycles. The Bertz CT molecular complexity index is 402. The minimum atomic E-state index is -3.43. The van der Waals surface area contributed by atoms with Gasteiger partial charge in [0, 0.05) is 0 Å². The van der Waals surface area contributed by atoms with E-state index in [0.29, 0.717) is 12.8 Å². The van der Waals surface area contributed by atoms with Gasteiger partial charge in [0.15, 0.2) is 0 Å². The molecule has 2 atom stereocenters. The molecule has 6 nitrogen and oxygen atoms in total. The molecule has 0 bridgehead atoms. The molecule has 1 saturated heterocycles. The van der Waals surface area contributed by atoms with E-state index >= 15 is 0 Å². The summed E-state index contributed by atoms with van der Waals surface area (Å²) in [6.07, 6.45) is 4.27. The van der Waals surface area contributed by atoms with Crippen LogP contribution in [0.3, 0.4) is 0 Å². The summed E-state index contributed by atoms with van der Waals surface area (Å²) in [7, 11) is -3.43. The van der Waals surface area contributed by atoms with E-state index in [1.54, 1.807) is 0 Å². The Balaban J connectivity index is 2.00. The van der Waals surface area contributed by atoms with Gasteiger partial charge < -0.3 is 9.84 Å². The molecule has 2 fully saturated rings. The summed E-state index contributed by atoms with van der Waals surface area (Å²) in [5.74, 6) is -1.78. The van der Waals surface area contributed by atoms with E-state index in [1.807, 2.05) is 0 Å². The number of sulfonamides is 1. The SMILES string of the molecule is O=C(O)C1COCC1NS(=O)(=O)C1CCCCC1. The molecule has 2 N–H and O–H groups in total. The van der Waals surface area contributed by atoms with Gasteiger partial charge in [0.2, 0.25) is 10.0 Å². The fraction of sp³-hybridized carbons (Fsp3) is 0.909. The van der Waals surface area contributed by atoms with Crippen LogP contribution in [-0.2, 0) is 19.6 Å². The minimum Gasteiger partial charge on any atom is -0.481 e. The summed E-state index contributed by atoms with van der Waals surface area (Å²) >= 11 is 0. The molecular formula is C11H19NO5S. The third-order valence-corrected chi connectivity index (χ3v) is 5.68. The van der Waals surface area contributed by atoms with E-state index < -0.39 is 28.0 Å². The summed E-state index contributed by atoms with van der Waals surface area (Å²) in [6.45, 7) is 0.218. The van der Waals surface area contributed by atoms with Crippen molar-refractivity contribution in [3.05, 3.63) is 0 Å². The van der Waals surface area contributed by atoms with Gasteiger partial charge in [0.05, 0.1) is 30.4 Å². The second-order valence-electron chi connectivity index (χ2n) is 5.01. The van der Waals surface area contributed by atoms with Gasteiger partial charge in [0.1, 0.15) is 0 Å². The molecule has 0 aromatic carbocycles. The van der Waals surface area contributed by atoms with Crippen molar-refractivity contribution in [1.29, 1.82) is 0 Å². The molecule has 1 aliphatic heterocycles. The van der Waals surface area contributed by atoms with E-state index in [9.17, 15) is 13.2 Å². The van der Waals surface area contributed by atoms with E-state index in [4.69, 9.17) is 9.84 Å². The lowest BCUT2D eigenvalue weighted by atomic mass is 10.0. The van der Waals surface area contributed by atoms with Crippen LogP contribution in [-0.4, -0.2) is 44.0 Å². The van der Waals surface area contributed by atoms with Gasteiger partial charge in [0.25, 0.3) is 0 Å². The van der Waals surface area contributed by atoms with Crippen LogP contribution in [0.4, 0.5) is 0 Å². The average Bonchev–Trinajstić information content (AvgIpc) is 2.78. The number of carboxylic acid groups (broad SMARTS) is 1. The van der Waals surface area contributed by atoms with Crippen LogP contribution in [0.15, 0.2) is 0 Å². The number of rotatable bonds is 4. The zero-order valence-corrected chi connectivity index (χ0v) is 11.0. The third-order valence-electron chi connectivity index (χ3n) is 3.70. The van der Waals surface area contributed by atoms with Gasteiger partial charge in [-0.05, 0) is 12.8 Å². The number of carboxylic acids is 1. The lowest BCUT2D eigenvalue weighted by molar-refractivity contribution is -0.142. The predicted molar refractivity (Wildman–Crippen MR) is 64.7 cm³/mol. The largest absolute Gasteiger partial charge is 0.481 e. The summed E-state index contributed by atoms with van der Waals surface area (Å²) in [6, 6.07) is -0.630. The minimum absolute atomic E-state index is 0.0766. The Morgan fingerprint density at radius 3 is 2.44 bits per heavy atom. The number of hydrogen-bond acceptors (Lipinski definition) is 4. The van der Waals surface area contributed by atoms with Gasteiger partial charge in [-0.1, -0.05) is 19.3 Å². The standard InChI is InChI=1S/C11H19NO5S/c13-11(14)9-6-17-7-10(9)12-18(15,16)8-4-2-1-3-5-8/h8-10,12H,1-7H2,(H,13,14). The number of aliphatic carboxylic acids is 1. The monoisotopic (exact) mass is 277 g/mol. The quantitative estimate of drug-likeness (QED) is 0.773. The molecule has 104 valence electrons. The number of ether oxygens (including phenoxy) is 1. The number of nitrogens with one attached hydrogen (secondary N) is 1. The van der Waals surface area contributed by atoms with E-state index in [2.05, 4.69) is 4.72 Å². The Morgan fingerprint density at radius 2 is 1.83 bits per heavy atom. The first-order valence-corrected chi connectivity index (χ1v) is 7.87. The molecule has 0 aromatic rings. The van der Waals surface area contributed by atoms with E-state index in [-0.39, 0.29) is 18.5 Å². The average molecular weight is 277 g/mol. The summed E-state index contributed by atoms with van der Waals surface area (Å²) in [5.41, 5.74) is 0. The van der Waals surface area contributed by atoms with Crippen LogP contribution >= 0.6 is 0 Å². The highest BCUT2D eigenvalue weighted by atomic mass is 32.2. The summed E-state index contributed by atoms with van der Waals surface area (Å²) in [4.78, 5) is 11.0. The molecule has 0 spiro atoms. The molecule has 7 heteroatoms. The highest BCUT2D eigenvalue weighted by Crippen LogP contribution is 2.24. The highest BCUT2D eigenvalue weighted by molar-refractivity contribution is 7.90. The maximum absolute atomic E-state index is 12.2. The molecule has 2 unspecified atom stereocenters. The van der Waals surface area contributed by atoms with Crippen molar-refractivity contribution in [3.63, 3.8) is 0 Å². The lowest BCUT2D eigenvalue weighted by Gasteiger charge is -2.24. The van der Waals surface area contributed by atoms with Gasteiger partial charge in [-0.3, -0.25) is 4.79 Å². The fourth-order valence-corrected chi connectivity index (χ4v) is 4.40. The fourth-order valence-electron chi connectivity index (χ4n) is 2.60. The lowest BCUT2D eigenvalue weighted by Crippen LogP contribution is -2.46. The normalized spacial score (nSPS) is 30.4. The molecule has 0 aromatic heterocycles. The molecule has 0 radical (unpaired) electrons. The number of carbonyl (C=O) groups is 1. The molecule has 1 saturated carbocycles. The Kier molecular flexibility index (Phi) is 4.24. The topological polar surface area (TPSA) is 92.7 Å². The maximum atomic E-state index is 12.2. The molecule has 0 amide bonds. The van der Waals surface area contributed by atoms with Crippen molar-refractivity contribution in [2.24, 2.45) is 5.92 Å². The zero-order chi connectivity index (χ0) is 13.2. The predicted octanol–water partition coefficient (Wildman–Crippen LogP) is 0.338. The van der Waals surface area contributed by atoms with Crippen molar-refractivity contribution in [2.45, 2.75) is 43.4 Å². The summed E-state index contributed by atoms with van der Waals surface area (Å²) in [5, 5.41) is 8.60. The zero-order valence-electron chi connectivity index (χ0n) is 10.2. The van der Waals surface area contributed by atoms with Crippen LogP contribution in [0.2, 0.25) is 0 Å². The Labute approximate surface area is 107 Å². The van der Waals surface area contributed by atoms with Crippen LogP contribution in [0.1, 0.15) is 32.1 Å². The van der Waals surface area contributed by atoms with Crippen molar-refractivity contribution >= 4 is 16.0 Å². The first-order chi connectivity index (χ1) is 8.50. The Hall–Kier alpha value is -0.660.